The first-order chi connectivity index (χ1) is 13.1. The van der Waals surface area contributed by atoms with Crippen molar-refractivity contribution in [1.29, 1.82) is 0 Å². The Morgan fingerprint density at radius 2 is 1.89 bits per heavy atom. The lowest BCUT2D eigenvalue weighted by Crippen LogP contribution is -2.52. The van der Waals surface area contributed by atoms with E-state index in [4.69, 9.17) is 9.47 Å². The van der Waals surface area contributed by atoms with Crippen LogP contribution in [0.3, 0.4) is 0 Å². The number of piperidine rings is 1. The maximum Gasteiger partial charge on any atom is 0.253 e. The van der Waals surface area contributed by atoms with Crippen LogP contribution in [0.4, 0.5) is 0 Å². The first kappa shape index (κ1) is 17.6. The lowest BCUT2D eigenvalue weighted by atomic mass is 9.82. The molecule has 4 rings (SSSR count). The summed E-state index contributed by atoms with van der Waals surface area (Å²) in [5.74, 6) is 1.44. The van der Waals surface area contributed by atoms with Gasteiger partial charge in [-0.15, -0.1) is 0 Å². The monoisotopic (exact) mass is 365 g/mol. The highest BCUT2D eigenvalue weighted by molar-refractivity contribution is 6.00. The average molecular weight is 365 g/mol. The van der Waals surface area contributed by atoms with E-state index in [-0.39, 0.29) is 11.7 Å². The molecule has 0 aromatic heterocycles. The van der Waals surface area contributed by atoms with Gasteiger partial charge in [0.15, 0.2) is 5.78 Å². The Morgan fingerprint density at radius 3 is 2.59 bits per heavy atom. The van der Waals surface area contributed by atoms with Crippen molar-refractivity contribution in [2.45, 2.75) is 31.8 Å². The van der Waals surface area contributed by atoms with Crippen LogP contribution in [0.2, 0.25) is 0 Å². The topological polar surface area (TPSA) is 55.8 Å². The maximum atomic E-state index is 12.7. The molecule has 0 N–H and O–H groups in total. The zero-order valence-corrected chi connectivity index (χ0v) is 15.4. The van der Waals surface area contributed by atoms with Gasteiger partial charge in [0.2, 0.25) is 0 Å². The number of benzene rings is 2. The van der Waals surface area contributed by atoms with Gasteiger partial charge in [-0.2, -0.15) is 0 Å². The van der Waals surface area contributed by atoms with E-state index in [0.29, 0.717) is 61.6 Å². The Labute approximate surface area is 158 Å². The molecule has 2 aromatic rings. The molecule has 140 valence electrons. The van der Waals surface area contributed by atoms with Gasteiger partial charge in [0.05, 0.1) is 18.6 Å². The second-order valence-corrected chi connectivity index (χ2v) is 7.13. The van der Waals surface area contributed by atoms with Crippen LogP contribution in [0.5, 0.6) is 11.5 Å². The molecule has 2 aliphatic rings. The van der Waals surface area contributed by atoms with Gasteiger partial charge in [-0.1, -0.05) is 18.2 Å². The van der Waals surface area contributed by atoms with Crippen molar-refractivity contribution in [2.24, 2.45) is 0 Å². The predicted molar refractivity (Wildman–Crippen MR) is 101 cm³/mol. The molecule has 0 atom stereocenters. The number of Topliss-reactive ketones (excluding diaryl/α,β-unsaturated/α-hetero) is 1. The number of ether oxygens (including phenoxy) is 2. The van der Waals surface area contributed by atoms with Crippen molar-refractivity contribution in [1.82, 2.24) is 4.90 Å². The van der Waals surface area contributed by atoms with Crippen LogP contribution in [0.25, 0.3) is 0 Å². The Balaban J connectivity index is 1.49. The molecule has 1 amide bonds. The highest BCUT2D eigenvalue weighted by Gasteiger charge is 2.43. The number of amides is 1. The summed E-state index contributed by atoms with van der Waals surface area (Å²) in [7, 11) is 0. The Kier molecular flexibility index (Phi) is 4.60. The highest BCUT2D eigenvalue weighted by Crippen LogP contribution is 2.41. The molecule has 2 aliphatic heterocycles. The summed E-state index contributed by atoms with van der Waals surface area (Å²) in [6.07, 6.45) is 1.66. The summed E-state index contributed by atoms with van der Waals surface area (Å²) in [4.78, 5) is 27.2. The van der Waals surface area contributed by atoms with Crippen molar-refractivity contribution in [3.63, 3.8) is 0 Å². The molecule has 2 heterocycles. The first-order valence-electron chi connectivity index (χ1n) is 9.44. The van der Waals surface area contributed by atoms with E-state index in [9.17, 15) is 9.59 Å². The van der Waals surface area contributed by atoms with Crippen LogP contribution >= 0.6 is 0 Å². The number of rotatable bonds is 3. The highest BCUT2D eigenvalue weighted by atomic mass is 16.5. The van der Waals surface area contributed by atoms with Crippen LogP contribution < -0.4 is 9.47 Å². The van der Waals surface area contributed by atoms with Crippen LogP contribution in [0.1, 0.15) is 46.9 Å². The van der Waals surface area contributed by atoms with Crippen molar-refractivity contribution in [3.05, 3.63) is 59.7 Å². The third-order valence-electron chi connectivity index (χ3n) is 5.36. The van der Waals surface area contributed by atoms with Gasteiger partial charge in [0.25, 0.3) is 5.91 Å². The fourth-order valence-corrected chi connectivity index (χ4v) is 3.89. The van der Waals surface area contributed by atoms with E-state index >= 15 is 0 Å². The second kappa shape index (κ2) is 7.06. The molecule has 5 nitrogen and oxygen atoms in total. The average Bonchev–Trinajstić information content (AvgIpc) is 2.69. The fourth-order valence-electron chi connectivity index (χ4n) is 3.89. The zero-order valence-electron chi connectivity index (χ0n) is 15.4. The lowest BCUT2D eigenvalue weighted by Gasteiger charge is -2.44. The molecule has 0 radical (unpaired) electrons. The number of hydrogen-bond acceptors (Lipinski definition) is 4. The summed E-state index contributed by atoms with van der Waals surface area (Å²) in [6.45, 7) is 3.66. The van der Waals surface area contributed by atoms with E-state index < -0.39 is 5.60 Å². The molecule has 0 aliphatic carbocycles. The normalized spacial score (nSPS) is 18.0. The molecule has 5 heteroatoms. The molecular weight excluding hydrogens is 342 g/mol. The standard InChI is InChI=1S/C22H23NO4/c1-2-26-17-8-9-18-19(24)15-22(27-20(18)14-17)10-12-23(13-11-22)21(25)16-6-4-3-5-7-16/h3-9,14H,2,10-13,15H2,1H3. The molecular formula is C22H23NO4. The van der Waals surface area contributed by atoms with Gasteiger partial charge >= 0.3 is 0 Å². The number of fused-ring (bicyclic) bond motifs is 1. The van der Waals surface area contributed by atoms with E-state index in [2.05, 4.69) is 0 Å². The van der Waals surface area contributed by atoms with Gasteiger partial charge in [-0.3, -0.25) is 9.59 Å². The van der Waals surface area contributed by atoms with Gasteiger partial charge in [-0.05, 0) is 31.2 Å². The summed E-state index contributed by atoms with van der Waals surface area (Å²) < 4.78 is 11.8. The molecule has 0 bridgehead atoms. The third-order valence-corrected chi connectivity index (χ3v) is 5.36. The van der Waals surface area contributed by atoms with Gasteiger partial charge in [0.1, 0.15) is 17.1 Å². The van der Waals surface area contributed by atoms with Crippen molar-refractivity contribution < 1.29 is 19.1 Å². The van der Waals surface area contributed by atoms with E-state index in [1.54, 1.807) is 12.1 Å². The first-order valence-corrected chi connectivity index (χ1v) is 9.44. The number of carbonyl (C=O) groups is 2. The Hall–Kier alpha value is -2.82. The van der Waals surface area contributed by atoms with Crippen LogP contribution in [0.15, 0.2) is 48.5 Å². The van der Waals surface area contributed by atoms with Gasteiger partial charge in [0, 0.05) is 37.6 Å². The fraction of sp³-hybridized carbons (Fsp3) is 0.364. The summed E-state index contributed by atoms with van der Waals surface area (Å²) >= 11 is 0. The lowest BCUT2D eigenvalue weighted by molar-refractivity contribution is -0.00582. The molecule has 1 saturated heterocycles. The van der Waals surface area contributed by atoms with Crippen LogP contribution in [-0.2, 0) is 0 Å². The SMILES string of the molecule is CCOc1ccc2c(c1)OC1(CCN(C(=O)c3ccccc3)CC1)CC2=O. The quantitative estimate of drug-likeness (QED) is 0.832. The minimum absolute atomic E-state index is 0.0339. The van der Waals surface area contributed by atoms with E-state index in [1.165, 1.54) is 0 Å². The minimum Gasteiger partial charge on any atom is -0.494 e. The van der Waals surface area contributed by atoms with Gasteiger partial charge < -0.3 is 14.4 Å². The number of carbonyl (C=O) groups excluding carboxylic acids is 2. The van der Waals surface area contributed by atoms with Crippen molar-refractivity contribution in [2.75, 3.05) is 19.7 Å². The molecule has 1 fully saturated rings. The van der Waals surface area contributed by atoms with E-state index in [1.807, 2.05) is 48.2 Å². The molecule has 27 heavy (non-hydrogen) atoms. The minimum atomic E-state index is -0.525. The van der Waals surface area contributed by atoms with Crippen molar-refractivity contribution in [3.8, 4) is 11.5 Å². The molecule has 0 saturated carbocycles. The zero-order chi connectivity index (χ0) is 18.9. The second-order valence-electron chi connectivity index (χ2n) is 7.13. The Morgan fingerprint density at radius 1 is 1.15 bits per heavy atom. The van der Waals surface area contributed by atoms with Crippen LogP contribution in [-0.4, -0.2) is 41.9 Å². The summed E-state index contributed by atoms with van der Waals surface area (Å²) in [5, 5.41) is 0. The van der Waals surface area contributed by atoms with Crippen LogP contribution in [0, 0.1) is 0 Å². The van der Waals surface area contributed by atoms with E-state index in [0.717, 1.165) is 0 Å². The Bertz CT molecular complexity index is 854. The molecule has 2 aromatic carbocycles. The summed E-state index contributed by atoms with van der Waals surface area (Å²) in [5.41, 5.74) is 0.787. The number of likely N-dealkylation sites (tertiary alicyclic amines) is 1. The number of nitrogens with zero attached hydrogens (tertiary/aromatic N) is 1. The van der Waals surface area contributed by atoms with Gasteiger partial charge in [-0.25, -0.2) is 0 Å². The smallest absolute Gasteiger partial charge is 0.253 e. The summed E-state index contributed by atoms with van der Waals surface area (Å²) in [6, 6.07) is 14.7. The number of hydrogen-bond donors (Lipinski definition) is 0. The molecule has 0 unspecified atom stereocenters. The molecule has 1 spiro atoms. The number of ketones is 1. The predicted octanol–water partition coefficient (Wildman–Crippen LogP) is 3.73. The van der Waals surface area contributed by atoms with Crippen molar-refractivity contribution >= 4 is 11.7 Å². The third kappa shape index (κ3) is 3.42. The largest absolute Gasteiger partial charge is 0.494 e. The maximum absolute atomic E-state index is 12.7.